The van der Waals surface area contributed by atoms with Gasteiger partial charge in [-0.05, 0) is 18.1 Å². The van der Waals surface area contributed by atoms with Gasteiger partial charge in [0.25, 0.3) is 5.56 Å². The Labute approximate surface area is 178 Å². The maximum atomic E-state index is 13.0. The van der Waals surface area contributed by atoms with Crippen LogP contribution in [0.4, 0.5) is 5.82 Å². The summed E-state index contributed by atoms with van der Waals surface area (Å²) in [6, 6.07) is 7.67. The lowest BCUT2D eigenvalue weighted by molar-refractivity contribution is 0.102. The average Bonchev–Trinajstić information content (AvgIpc) is 3.06. The Hall–Kier alpha value is -3.07. The lowest BCUT2D eigenvalue weighted by atomic mass is 10.2. The second-order valence-corrected chi connectivity index (χ2v) is 8.35. The third-order valence-corrected chi connectivity index (χ3v) is 5.65. The van der Waals surface area contributed by atoms with Gasteiger partial charge in [0, 0.05) is 20.1 Å². The van der Waals surface area contributed by atoms with E-state index in [1.54, 1.807) is 6.08 Å². The fourth-order valence-electron chi connectivity index (χ4n) is 3.26. The highest BCUT2D eigenvalue weighted by Gasteiger charge is 2.23. The highest BCUT2D eigenvalue weighted by atomic mass is 32.2. The molecule has 2 heterocycles. The first-order chi connectivity index (χ1) is 14.3. The molecule has 0 aliphatic rings. The molecule has 8 nitrogen and oxygen atoms in total. The van der Waals surface area contributed by atoms with Crippen molar-refractivity contribution in [2.45, 2.75) is 32.1 Å². The van der Waals surface area contributed by atoms with Crippen LogP contribution in [0.15, 0.2) is 51.7 Å². The molecule has 0 aliphatic heterocycles. The van der Waals surface area contributed by atoms with Crippen molar-refractivity contribution in [3.05, 3.63) is 63.3 Å². The summed E-state index contributed by atoms with van der Waals surface area (Å²) in [4.78, 5) is 42.6. The smallest absolute Gasteiger partial charge is 0.332 e. The van der Waals surface area contributed by atoms with Crippen molar-refractivity contribution < 1.29 is 4.79 Å². The van der Waals surface area contributed by atoms with Crippen LogP contribution in [0.1, 0.15) is 24.2 Å². The van der Waals surface area contributed by atoms with Crippen LogP contribution in [0.3, 0.4) is 0 Å². The summed E-state index contributed by atoms with van der Waals surface area (Å²) in [6.45, 7) is 8.50. The molecule has 30 heavy (non-hydrogen) atoms. The minimum atomic E-state index is -0.678. The van der Waals surface area contributed by atoms with E-state index < -0.39 is 17.0 Å². The molecule has 0 fully saturated rings. The molecule has 0 aliphatic carbocycles. The van der Waals surface area contributed by atoms with Gasteiger partial charge in [-0.15, -0.1) is 6.58 Å². The van der Waals surface area contributed by atoms with Crippen LogP contribution in [0, 0.1) is 5.92 Å². The first kappa shape index (κ1) is 21.6. The molecule has 9 heteroatoms. The van der Waals surface area contributed by atoms with Gasteiger partial charge in [0.1, 0.15) is 11.4 Å². The number of hydrogen-bond acceptors (Lipinski definition) is 6. The number of nitrogens with zero attached hydrogens (tertiary/aromatic N) is 4. The van der Waals surface area contributed by atoms with Gasteiger partial charge in [-0.1, -0.05) is 43.8 Å². The number of fused-ring (bicyclic) bond motifs is 1. The van der Waals surface area contributed by atoms with Gasteiger partial charge in [0.2, 0.25) is 0 Å². The Morgan fingerprint density at radius 3 is 2.63 bits per heavy atom. The average molecular weight is 428 g/mol. The van der Waals surface area contributed by atoms with Crippen molar-refractivity contribution in [2.24, 2.45) is 13.0 Å². The standard InChI is InChI=1S/C21H25N5O3S/c1-5-10-25-15-9-7-6-8-14(15)23-20(25)30-12-16(27)17-18(22)26(11-13(2)3)21(29)24(4)19(17)28/h5-9,13H,1,10-12,22H2,2-4H3. The van der Waals surface area contributed by atoms with E-state index in [-0.39, 0.29) is 23.1 Å². The molecule has 1 aromatic carbocycles. The Bertz CT molecular complexity index is 1240. The lowest BCUT2D eigenvalue weighted by Crippen LogP contribution is -2.43. The third-order valence-electron chi connectivity index (χ3n) is 4.67. The molecule has 3 rings (SSSR count). The van der Waals surface area contributed by atoms with Gasteiger partial charge in [-0.25, -0.2) is 9.78 Å². The molecule has 0 atom stereocenters. The minimum Gasteiger partial charge on any atom is -0.384 e. The number of allylic oxidation sites excluding steroid dienone is 1. The van der Waals surface area contributed by atoms with Crippen LogP contribution in [-0.4, -0.2) is 30.2 Å². The Kier molecular flexibility index (Phi) is 6.31. The Balaban J connectivity index is 1.96. The molecular formula is C21H25N5O3S. The van der Waals surface area contributed by atoms with Gasteiger partial charge >= 0.3 is 5.69 Å². The number of nitrogens with two attached hydrogens (primary N) is 1. The number of thioether (sulfide) groups is 1. The fourth-order valence-corrected chi connectivity index (χ4v) is 4.15. The summed E-state index contributed by atoms with van der Waals surface area (Å²) in [5.41, 5.74) is 6.49. The first-order valence-corrected chi connectivity index (χ1v) is 10.6. The maximum absolute atomic E-state index is 13.0. The number of rotatable bonds is 8. The summed E-state index contributed by atoms with van der Waals surface area (Å²) in [5, 5.41) is 0.648. The fraction of sp³-hybridized carbons (Fsp3) is 0.333. The zero-order chi connectivity index (χ0) is 22.0. The number of para-hydroxylation sites is 2. The van der Waals surface area contributed by atoms with Crippen LogP contribution >= 0.6 is 11.8 Å². The topological polar surface area (TPSA) is 105 Å². The Morgan fingerprint density at radius 1 is 1.27 bits per heavy atom. The van der Waals surface area contributed by atoms with Crippen LogP contribution in [-0.2, 0) is 20.1 Å². The number of imidazole rings is 1. The number of anilines is 1. The van der Waals surface area contributed by atoms with Crippen molar-refractivity contribution in [1.82, 2.24) is 18.7 Å². The molecule has 158 valence electrons. The quantitative estimate of drug-likeness (QED) is 0.336. The second-order valence-electron chi connectivity index (χ2n) is 7.41. The minimum absolute atomic E-state index is 0.0280. The summed E-state index contributed by atoms with van der Waals surface area (Å²) >= 11 is 1.23. The lowest BCUT2D eigenvalue weighted by Gasteiger charge is -2.16. The summed E-state index contributed by atoms with van der Waals surface area (Å²) in [6.07, 6.45) is 1.76. The molecule has 0 bridgehead atoms. The normalized spacial score (nSPS) is 11.3. The van der Waals surface area contributed by atoms with E-state index in [1.165, 1.54) is 23.4 Å². The second kappa shape index (κ2) is 8.74. The van der Waals surface area contributed by atoms with Gasteiger partial charge in [-0.3, -0.25) is 18.7 Å². The van der Waals surface area contributed by atoms with Crippen molar-refractivity contribution in [3.63, 3.8) is 0 Å². The Morgan fingerprint density at radius 2 is 1.97 bits per heavy atom. The number of carbonyl (C=O) groups is 1. The van der Waals surface area contributed by atoms with Gasteiger partial charge in [0.15, 0.2) is 10.9 Å². The van der Waals surface area contributed by atoms with E-state index in [4.69, 9.17) is 5.73 Å². The molecule has 0 radical (unpaired) electrons. The highest BCUT2D eigenvalue weighted by molar-refractivity contribution is 7.99. The number of nitrogen functional groups attached to an aromatic ring is 1. The van der Waals surface area contributed by atoms with E-state index in [0.29, 0.717) is 18.2 Å². The molecule has 2 aromatic heterocycles. The number of Topliss-reactive ketones (excluding diaryl/α,β-unsaturated/α-hetero) is 1. The predicted molar refractivity (Wildman–Crippen MR) is 120 cm³/mol. The van der Waals surface area contributed by atoms with E-state index in [1.807, 2.05) is 42.7 Å². The summed E-state index contributed by atoms with van der Waals surface area (Å²) < 4.78 is 4.18. The largest absolute Gasteiger partial charge is 0.384 e. The number of benzene rings is 1. The molecule has 0 amide bonds. The monoisotopic (exact) mass is 427 g/mol. The SMILES string of the molecule is C=CCn1c(SCC(=O)c2c(N)n(CC(C)C)c(=O)n(C)c2=O)nc2ccccc21. The molecule has 0 unspecified atom stereocenters. The molecule has 0 saturated heterocycles. The molecule has 0 spiro atoms. The van der Waals surface area contributed by atoms with Crippen LogP contribution in [0.25, 0.3) is 11.0 Å². The third kappa shape index (κ3) is 3.97. The van der Waals surface area contributed by atoms with E-state index in [2.05, 4.69) is 11.6 Å². The number of aromatic nitrogens is 4. The number of hydrogen-bond donors (Lipinski definition) is 1. The highest BCUT2D eigenvalue weighted by Crippen LogP contribution is 2.25. The van der Waals surface area contributed by atoms with Crippen molar-refractivity contribution >= 4 is 34.4 Å². The summed E-state index contributed by atoms with van der Waals surface area (Å²) in [7, 11) is 1.36. The molecule has 3 aromatic rings. The maximum Gasteiger partial charge on any atom is 0.332 e. The van der Waals surface area contributed by atoms with E-state index in [9.17, 15) is 14.4 Å². The van der Waals surface area contributed by atoms with E-state index in [0.717, 1.165) is 15.6 Å². The van der Waals surface area contributed by atoms with Crippen LogP contribution in [0.2, 0.25) is 0 Å². The van der Waals surface area contributed by atoms with Crippen molar-refractivity contribution in [1.29, 1.82) is 0 Å². The zero-order valence-corrected chi connectivity index (χ0v) is 18.1. The van der Waals surface area contributed by atoms with Crippen molar-refractivity contribution in [2.75, 3.05) is 11.5 Å². The van der Waals surface area contributed by atoms with Crippen molar-refractivity contribution in [3.8, 4) is 0 Å². The predicted octanol–water partition coefficient (Wildman–Crippen LogP) is 2.30. The van der Waals surface area contributed by atoms with Crippen LogP contribution in [0.5, 0.6) is 0 Å². The van der Waals surface area contributed by atoms with Gasteiger partial charge < -0.3 is 10.3 Å². The van der Waals surface area contributed by atoms with Gasteiger partial charge in [0.05, 0.1) is 16.8 Å². The summed E-state index contributed by atoms with van der Waals surface area (Å²) in [5.74, 6) is -0.423. The zero-order valence-electron chi connectivity index (χ0n) is 17.3. The molecule has 0 saturated carbocycles. The number of carbonyl (C=O) groups excluding carboxylic acids is 1. The molecule has 2 N–H and O–H groups in total. The number of ketones is 1. The molecular weight excluding hydrogens is 402 g/mol. The van der Waals surface area contributed by atoms with Gasteiger partial charge in [-0.2, -0.15) is 0 Å². The van der Waals surface area contributed by atoms with Crippen LogP contribution < -0.4 is 17.0 Å². The first-order valence-electron chi connectivity index (χ1n) is 9.57. The van der Waals surface area contributed by atoms with E-state index >= 15 is 0 Å².